The zero-order valence-corrected chi connectivity index (χ0v) is 11.4. The molecule has 100 valence electrons. The molecule has 0 aliphatic heterocycles. The zero-order valence-electron chi connectivity index (χ0n) is 10.5. The lowest BCUT2D eigenvalue weighted by atomic mass is 10.2. The van der Waals surface area contributed by atoms with Crippen molar-refractivity contribution < 1.29 is 13.2 Å². The third kappa shape index (κ3) is 3.12. The molecule has 1 aliphatic rings. The van der Waals surface area contributed by atoms with Gasteiger partial charge in [-0.2, -0.15) is 5.26 Å². The van der Waals surface area contributed by atoms with Crippen LogP contribution in [0.15, 0.2) is 29.2 Å². The molecule has 0 unspecified atom stereocenters. The standard InChI is InChI=1S/C13H14N2O3S/c1-19(17,18)12-6-2-10(3-7-12)13(16)15(9-8-14)11-4-5-11/h2-3,6-7,11H,4-5,9H2,1H3. The molecule has 1 saturated carbocycles. The van der Waals surface area contributed by atoms with E-state index in [-0.39, 0.29) is 23.4 Å². The predicted octanol–water partition coefficient (Wildman–Crippen LogP) is 1.22. The van der Waals surface area contributed by atoms with Crippen molar-refractivity contribution in [3.8, 4) is 6.07 Å². The van der Waals surface area contributed by atoms with Crippen molar-refractivity contribution in [2.45, 2.75) is 23.8 Å². The number of hydrogen-bond donors (Lipinski definition) is 0. The first-order valence-corrected chi connectivity index (χ1v) is 7.80. The molecule has 1 aromatic rings. The summed E-state index contributed by atoms with van der Waals surface area (Å²) < 4.78 is 22.7. The van der Waals surface area contributed by atoms with E-state index < -0.39 is 9.84 Å². The minimum atomic E-state index is -3.26. The highest BCUT2D eigenvalue weighted by Crippen LogP contribution is 2.28. The van der Waals surface area contributed by atoms with Crippen LogP contribution in [-0.2, 0) is 9.84 Å². The Morgan fingerprint density at radius 1 is 1.37 bits per heavy atom. The van der Waals surface area contributed by atoms with Gasteiger partial charge in [0.1, 0.15) is 6.54 Å². The van der Waals surface area contributed by atoms with Gasteiger partial charge in [0.2, 0.25) is 0 Å². The summed E-state index contributed by atoms with van der Waals surface area (Å²) in [6, 6.07) is 7.96. The molecule has 0 spiro atoms. The largest absolute Gasteiger partial charge is 0.322 e. The summed E-state index contributed by atoms with van der Waals surface area (Å²) in [4.78, 5) is 13.9. The van der Waals surface area contributed by atoms with E-state index in [4.69, 9.17) is 5.26 Å². The second-order valence-corrected chi connectivity index (χ2v) is 6.63. The normalized spacial score (nSPS) is 14.7. The highest BCUT2D eigenvalue weighted by atomic mass is 32.2. The van der Waals surface area contributed by atoms with Crippen molar-refractivity contribution in [2.75, 3.05) is 12.8 Å². The number of benzene rings is 1. The molecule has 0 heterocycles. The van der Waals surface area contributed by atoms with Gasteiger partial charge in [-0.3, -0.25) is 4.79 Å². The van der Waals surface area contributed by atoms with E-state index in [2.05, 4.69) is 0 Å². The highest BCUT2D eigenvalue weighted by Gasteiger charge is 2.32. The van der Waals surface area contributed by atoms with Gasteiger partial charge in [-0.05, 0) is 37.1 Å². The van der Waals surface area contributed by atoms with Crippen LogP contribution in [0.1, 0.15) is 23.2 Å². The Kier molecular flexibility index (Phi) is 3.58. The smallest absolute Gasteiger partial charge is 0.254 e. The van der Waals surface area contributed by atoms with E-state index in [0.717, 1.165) is 19.1 Å². The number of nitriles is 1. The number of amides is 1. The summed E-state index contributed by atoms with van der Waals surface area (Å²) in [5.41, 5.74) is 0.412. The van der Waals surface area contributed by atoms with Gasteiger partial charge in [0, 0.05) is 17.9 Å². The minimum Gasteiger partial charge on any atom is -0.322 e. The van der Waals surface area contributed by atoms with Crippen molar-refractivity contribution in [3.05, 3.63) is 29.8 Å². The molecule has 1 amide bonds. The van der Waals surface area contributed by atoms with Gasteiger partial charge in [0.25, 0.3) is 5.91 Å². The van der Waals surface area contributed by atoms with Crippen molar-refractivity contribution in [1.29, 1.82) is 5.26 Å². The number of hydrogen-bond acceptors (Lipinski definition) is 4. The van der Waals surface area contributed by atoms with E-state index in [9.17, 15) is 13.2 Å². The lowest BCUT2D eigenvalue weighted by Crippen LogP contribution is -2.33. The van der Waals surface area contributed by atoms with E-state index in [0.29, 0.717) is 5.56 Å². The van der Waals surface area contributed by atoms with Gasteiger partial charge in [-0.15, -0.1) is 0 Å². The predicted molar refractivity (Wildman–Crippen MR) is 69.2 cm³/mol. The molecule has 0 N–H and O–H groups in total. The highest BCUT2D eigenvalue weighted by molar-refractivity contribution is 7.90. The molecule has 0 radical (unpaired) electrons. The number of nitrogens with zero attached hydrogens (tertiary/aromatic N) is 2. The number of carbonyl (C=O) groups is 1. The fourth-order valence-corrected chi connectivity index (χ4v) is 2.47. The monoisotopic (exact) mass is 278 g/mol. The second kappa shape index (κ2) is 5.02. The first-order chi connectivity index (χ1) is 8.93. The number of sulfone groups is 1. The van der Waals surface area contributed by atoms with Crippen LogP contribution in [0, 0.1) is 11.3 Å². The van der Waals surface area contributed by atoms with Gasteiger partial charge in [-0.25, -0.2) is 8.42 Å². The average molecular weight is 278 g/mol. The van der Waals surface area contributed by atoms with E-state index in [1.54, 1.807) is 0 Å². The van der Waals surface area contributed by atoms with Crippen molar-refractivity contribution >= 4 is 15.7 Å². The van der Waals surface area contributed by atoms with Gasteiger partial charge in [0.15, 0.2) is 9.84 Å². The fraction of sp³-hybridized carbons (Fsp3) is 0.385. The minimum absolute atomic E-state index is 0.0668. The molecule has 0 atom stereocenters. The third-order valence-electron chi connectivity index (χ3n) is 3.02. The summed E-state index contributed by atoms with van der Waals surface area (Å²) in [7, 11) is -3.26. The number of carbonyl (C=O) groups excluding carboxylic acids is 1. The van der Waals surface area contributed by atoms with E-state index in [1.165, 1.54) is 29.2 Å². The van der Waals surface area contributed by atoms with Crippen LogP contribution < -0.4 is 0 Å². The molecule has 0 aromatic heterocycles. The maximum atomic E-state index is 12.2. The Balaban J connectivity index is 2.22. The third-order valence-corrected chi connectivity index (χ3v) is 4.15. The summed E-state index contributed by atoms with van der Waals surface area (Å²) in [5.74, 6) is -0.218. The lowest BCUT2D eigenvalue weighted by Gasteiger charge is -2.18. The van der Waals surface area contributed by atoms with Crippen LogP contribution in [0.2, 0.25) is 0 Å². The van der Waals surface area contributed by atoms with Crippen molar-refractivity contribution in [3.63, 3.8) is 0 Å². The Hall–Kier alpha value is -1.87. The van der Waals surface area contributed by atoms with Crippen LogP contribution in [0.25, 0.3) is 0 Å². The fourth-order valence-electron chi connectivity index (χ4n) is 1.84. The molecular formula is C13H14N2O3S. The molecule has 19 heavy (non-hydrogen) atoms. The molecule has 5 nitrogen and oxygen atoms in total. The Morgan fingerprint density at radius 2 is 1.95 bits per heavy atom. The average Bonchev–Trinajstić information content (AvgIpc) is 3.18. The van der Waals surface area contributed by atoms with Crippen molar-refractivity contribution in [2.24, 2.45) is 0 Å². The zero-order chi connectivity index (χ0) is 14.0. The molecule has 6 heteroatoms. The van der Waals surface area contributed by atoms with Crippen LogP contribution in [0.3, 0.4) is 0 Å². The van der Waals surface area contributed by atoms with Crippen LogP contribution in [0.5, 0.6) is 0 Å². The Labute approximate surface area is 112 Å². The maximum absolute atomic E-state index is 12.2. The van der Waals surface area contributed by atoms with Crippen molar-refractivity contribution in [1.82, 2.24) is 4.90 Å². The van der Waals surface area contributed by atoms with E-state index in [1.807, 2.05) is 6.07 Å². The molecular weight excluding hydrogens is 264 g/mol. The van der Waals surface area contributed by atoms with Gasteiger partial charge >= 0.3 is 0 Å². The number of rotatable bonds is 4. The van der Waals surface area contributed by atoms with Gasteiger partial charge in [-0.1, -0.05) is 0 Å². The quantitative estimate of drug-likeness (QED) is 0.776. The molecule has 0 saturated heterocycles. The molecule has 1 aliphatic carbocycles. The molecule has 1 aromatic carbocycles. The van der Waals surface area contributed by atoms with Crippen LogP contribution in [0.4, 0.5) is 0 Å². The molecule has 2 rings (SSSR count). The lowest BCUT2D eigenvalue weighted by molar-refractivity contribution is 0.0765. The van der Waals surface area contributed by atoms with Crippen LogP contribution >= 0.6 is 0 Å². The SMILES string of the molecule is CS(=O)(=O)c1ccc(C(=O)N(CC#N)C2CC2)cc1. The Morgan fingerprint density at radius 3 is 2.37 bits per heavy atom. The summed E-state index contributed by atoms with van der Waals surface area (Å²) in [6.45, 7) is 0.0668. The van der Waals surface area contributed by atoms with Crippen LogP contribution in [-0.4, -0.2) is 38.1 Å². The molecule has 1 fully saturated rings. The summed E-state index contributed by atoms with van der Waals surface area (Å²) >= 11 is 0. The summed E-state index contributed by atoms with van der Waals surface area (Å²) in [5, 5.41) is 8.74. The molecule has 0 bridgehead atoms. The summed E-state index contributed by atoms with van der Waals surface area (Å²) in [6.07, 6.45) is 2.97. The van der Waals surface area contributed by atoms with E-state index >= 15 is 0 Å². The first-order valence-electron chi connectivity index (χ1n) is 5.91. The van der Waals surface area contributed by atoms with Gasteiger partial charge < -0.3 is 4.90 Å². The van der Waals surface area contributed by atoms with Gasteiger partial charge in [0.05, 0.1) is 11.0 Å². The second-order valence-electron chi connectivity index (χ2n) is 4.62. The topological polar surface area (TPSA) is 78.2 Å². The Bertz CT molecular complexity index is 625. The first kappa shape index (κ1) is 13.6. The maximum Gasteiger partial charge on any atom is 0.254 e.